The molecule has 1 N–H and O–H groups in total. The fourth-order valence-corrected chi connectivity index (χ4v) is 2.47. The van der Waals surface area contributed by atoms with Crippen LogP contribution in [0.4, 0.5) is 0 Å². The van der Waals surface area contributed by atoms with Crippen LogP contribution in [-0.4, -0.2) is 37.8 Å². The molecule has 1 aliphatic heterocycles. The number of hydrogen-bond acceptors (Lipinski definition) is 3. The third-order valence-electron chi connectivity index (χ3n) is 2.94. The Hall–Kier alpha value is 0.270. The maximum atomic E-state index is 5.62. The van der Waals surface area contributed by atoms with Gasteiger partial charge in [-0.1, -0.05) is 0 Å². The Kier molecular flexibility index (Phi) is 6.65. The lowest BCUT2D eigenvalue weighted by Crippen LogP contribution is -2.27. The van der Waals surface area contributed by atoms with E-state index in [9.17, 15) is 0 Å². The van der Waals surface area contributed by atoms with Crippen LogP contribution in [-0.2, 0) is 4.74 Å². The number of nitrogens with one attached hydrogen (secondary N) is 1. The minimum atomic E-state index is 0.556. The highest BCUT2D eigenvalue weighted by molar-refractivity contribution is 7.98. The summed E-state index contributed by atoms with van der Waals surface area (Å²) < 4.78 is 5.62. The van der Waals surface area contributed by atoms with E-state index in [2.05, 4.69) is 18.6 Å². The van der Waals surface area contributed by atoms with Crippen LogP contribution in [0.3, 0.4) is 0 Å². The highest BCUT2D eigenvalue weighted by Gasteiger charge is 2.16. The van der Waals surface area contributed by atoms with E-state index < -0.39 is 0 Å². The van der Waals surface area contributed by atoms with Crippen molar-refractivity contribution in [3.05, 3.63) is 0 Å². The molecule has 2 nitrogen and oxygen atoms in total. The highest BCUT2D eigenvalue weighted by Crippen LogP contribution is 2.18. The van der Waals surface area contributed by atoms with Gasteiger partial charge in [0.25, 0.3) is 0 Å². The molecule has 1 aliphatic rings. The van der Waals surface area contributed by atoms with Crippen molar-refractivity contribution in [2.24, 2.45) is 0 Å². The van der Waals surface area contributed by atoms with E-state index in [0.29, 0.717) is 12.1 Å². The van der Waals surface area contributed by atoms with Gasteiger partial charge in [0.2, 0.25) is 0 Å². The van der Waals surface area contributed by atoms with Crippen LogP contribution in [0.5, 0.6) is 0 Å². The molecule has 0 saturated carbocycles. The number of thioether (sulfide) groups is 1. The van der Waals surface area contributed by atoms with Gasteiger partial charge < -0.3 is 10.1 Å². The van der Waals surface area contributed by atoms with E-state index >= 15 is 0 Å². The molecule has 0 spiro atoms. The molecule has 3 heteroatoms. The second kappa shape index (κ2) is 7.55. The first kappa shape index (κ1) is 12.3. The Bertz CT molecular complexity index is 137. The van der Waals surface area contributed by atoms with Crippen LogP contribution in [0, 0.1) is 0 Å². The fourth-order valence-electron chi connectivity index (χ4n) is 1.95. The summed E-state index contributed by atoms with van der Waals surface area (Å²) in [7, 11) is 2.07. The van der Waals surface area contributed by atoms with Crippen molar-refractivity contribution in [2.45, 2.75) is 44.2 Å². The molecular formula is C11H23NOS. The lowest BCUT2D eigenvalue weighted by molar-refractivity contribution is 0.0997. The summed E-state index contributed by atoms with van der Waals surface area (Å²) in [5.74, 6) is 1.26. The van der Waals surface area contributed by atoms with Crippen molar-refractivity contribution < 1.29 is 4.74 Å². The number of rotatable bonds is 7. The molecule has 2 atom stereocenters. The average Bonchev–Trinajstić information content (AvgIpc) is 2.71. The van der Waals surface area contributed by atoms with Crippen molar-refractivity contribution >= 4 is 11.8 Å². The van der Waals surface area contributed by atoms with E-state index in [-0.39, 0.29) is 0 Å². The van der Waals surface area contributed by atoms with Gasteiger partial charge in [-0.2, -0.15) is 11.8 Å². The first-order valence-electron chi connectivity index (χ1n) is 5.64. The van der Waals surface area contributed by atoms with Gasteiger partial charge in [0.1, 0.15) is 0 Å². The molecular weight excluding hydrogens is 194 g/mol. The zero-order chi connectivity index (χ0) is 10.2. The van der Waals surface area contributed by atoms with Crippen molar-refractivity contribution in [3.8, 4) is 0 Å². The minimum absolute atomic E-state index is 0.556. The smallest absolute Gasteiger partial charge is 0.0576 e. The molecule has 0 aromatic heterocycles. The first-order chi connectivity index (χ1) is 6.86. The predicted molar refractivity (Wildman–Crippen MR) is 64.1 cm³/mol. The predicted octanol–water partition coefficient (Wildman–Crippen LogP) is 2.29. The van der Waals surface area contributed by atoms with E-state index in [4.69, 9.17) is 4.74 Å². The topological polar surface area (TPSA) is 21.3 Å². The molecule has 0 aromatic rings. The molecule has 14 heavy (non-hydrogen) atoms. The molecule has 1 heterocycles. The van der Waals surface area contributed by atoms with E-state index in [1.54, 1.807) is 0 Å². The zero-order valence-electron chi connectivity index (χ0n) is 9.42. The molecule has 0 amide bonds. The minimum Gasteiger partial charge on any atom is -0.378 e. The molecule has 1 fully saturated rings. The Labute approximate surface area is 92.2 Å². The van der Waals surface area contributed by atoms with Gasteiger partial charge in [-0.05, 0) is 51.2 Å². The Morgan fingerprint density at radius 3 is 2.93 bits per heavy atom. The highest BCUT2D eigenvalue weighted by atomic mass is 32.2. The maximum Gasteiger partial charge on any atom is 0.0576 e. The zero-order valence-corrected chi connectivity index (χ0v) is 10.2. The molecule has 0 aromatic carbocycles. The molecule has 2 unspecified atom stereocenters. The molecule has 0 aliphatic carbocycles. The number of hydrogen-bond donors (Lipinski definition) is 1. The maximum absolute atomic E-state index is 5.62. The summed E-state index contributed by atoms with van der Waals surface area (Å²) in [6.45, 7) is 0.986. The molecule has 0 bridgehead atoms. The average molecular weight is 217 g/mol. The third-order valence-corrected chi connectivity index (χ3v) is 3.58. The van der Waals surface area contributed by atoms with Crippen molar-refractivity contribution in [1.29, 1.82) is 0 Å². The largest absolute Gasteiger partial charge is 0.378 e. The Morgan fingerprint density at radius 1 is 1.50 bits per heavy atom. The van der Waals surface area contributed by atoms with Crippen molar-refractivity contribution in [2.75, 3.05) is 25.7 Å². The Morgan fingerprint density at radius 2 is 2.36 bits per heavy atom. The summed E-state index contributed by atoms with van der Waals surface area (Å²) in [4.78, 5) is 0. The van der Waals surface area contributed by atoms with Crippen LogP contribution in [0.25, 0.3) is 0 Å². The normalized spacial score (nSPS) is 24.0. The van der Waals surface area contributed by atoms with Crippen LogP contribution in [0.15, 0.2) is 0 Å². The van der Waals surface area contributed by atoms with Crippen molar-refractivity contribution in [3.63, 3.8) is 0 Å². The SMILES string of the molecule is CNC(CCSC)CCC1CCCO1. The summed E-state index contributed by atoms with van der Waals surface area (Å²) in [5, 5.41) is 3.39. The van der Waals surface area contributed by atoms with Gasteiger partial charge in [-0.3, -0.25) is 0 Å². The van der Waals surface area contributed by atoms with Crippen LogP contribution in [0.2, 0.25) is 0 Å². The summed E-state index contributed by atoms with van der Waals surface area (Å²) in [6, 6.07) is 0.687. The third kappa shape index (κ3) is 4.67. The second-order valence-electron chi connectivity index (χ2n) is 3.98. The molecule has 1 rings (SSSR count). The Balaban J connectivity index is 2.06. The molecule has 1 saturated heterocycles. The summed E-state index contributed by atoms with van der Waals surface area (Å²) in [6.07, 6.45) is 9.05. The van der Waals surface area contributed by atoms with Crippen LogP contribution >= 0.6 is 11.8 Å². The van der Waals surface area contributed by atoms with Gasteiger partial charge in [0, 0.05) is 12.6 Å². The fraction of sp³-hybridized carbons (Fsp3) is 1.00. The standard InChI is InChI=1S/C11H23NOS/c1-12-10(7-9-14-2)5-6-11-4-3-8-13-11/h10-12H,3-9H2,1-2H3. The van der Waals surface area contributed by atoms with Gasteiger partial charge >= 0.3 is 0 Å². The first-order valence-corrected chi connectivity index (χ1v) is 7.04. The monoisotopic (exact) mass is 217 g/mol. The van der Waals surface area contributed by atoms with E-state index in [1.165, 1.54) is 37.9 Å². The van der Waals surface area contributed by atoms with Crippen molar-refractivity contribution in [1.82, 2.24) is 5.32 Å². The quantitative estimate of drug-likeness (QED) is 0.707. The summed E-state index contributed by atoms with van der Waals surface area (Å²) in [5.41, 5.74) is 0. The van der Waals surface area contributed by atoms with Gasteiger partial charge in [-0.15, -0.1) is 0 Å². The summed E-state index contributed by atoms with van der Waals surface area (Å²) >= 11 is 1.93. The van der Waals surface area contributed by atoms with Crippen LogP contribution < -0.4 is 5.32 Å². The molecule has 0 radical (unpaired) electrons. The lowest BCUT2D eigenvalue weighted by atomic mass is 10.0. The molecule has 84 valence electrons. The van der Waals surface area contributed by atoms with Gasteiger partial charge in [0.15, 0.2) is 0 Å². The number of ether oxygens (including phenoxy) is 1. The van der Waals surface area contributed by atoms with Gasteiger partial charge in [-0.25, -0.2) is 0 Å². The van der Waals surface area contributed by atoms with Crippen LogP contribution in [0.1, 0.15) is 32.1 Å². The van der Waals surface area contributed by atoms with Gasteiger partial charge in [0.05, 0.1) is 6.10 Å². The lowest BCUT2D eigenvalue weighted by Gasteiger charge is -2.17. The van der Waals surface area contributed by atoms with E-state index in [0.717, 1.165) is 6.61 Å². The van der Waals surface area contributed by atoms with E-state index in [1.807, 2.05) is 11.8 Å². The second-order valence-corrected chi connectivity index (χ2v) is 4.97.